The molecule has 3 heteroatoms. The molecule has 0 radical (unpaired) electrons. The van der Waals surface area contributed by atoms with Gasteiger partial charge in [-0.15, -0.1) is 0 Å². The maximum atomic E-state index is 6.28. The highest BCUT2D eigenvalue weighted by atomic mass is 16.5. The molecule has 0 aromatic rings. The van der Waals surface area contributed by atoms with Crippen LogP contribution in [0.5, 0.6) is 0 Å². The van der Waals surface area contributed by atoms with Crippen LogP contribution in [0.25, 0.3) is 0 Å². The Morgan fingerprint density at radius 3 is 2.37 bits per heavy atom. The second-order valence-corrected chi connectivity index (χ2v) is 7.50. The van der Waals surface area contributed by atoms with Crippen molar-refractivity contribution >= 4 is 0 Å². The molecule has 0 amide bonds. The smallest absolute Gasteiger partial charge is 0.0677 e. The molecule has 4 unspecified atom stereocenters. The second kappa shape index (κ2) is 5.34. The van der Waals surface area contributed by atoms with E-state index in [0.717, 1.165) is 19.6 Å². The molecule has 0 aromatic carbocycles. The Morgan fingerprint density at radius 1 is 1.26 bits per heavy atom. The van der Waals surface area contributed by atoms with E-state index in [2.05, 4.69) is 46.9 Å². The number of nitrogens with one attached hydrogen (secondary N) is 1. The fourth-order valence-electron chi connectivity index (χ4n) is 4.14. The third-order valence-electron chi connectivity index (χ3n) is 4.75. The molecule has 2 rings (SSSR count). The summed E-state index contributed by atoms with van der Waals surface area (Å²) >= 11 is 0. The van der Waals surface area contributed by atoms with Crippen LogP contribution in [0.15, 0.2) is 0 Å². The lowest BCUT2D eigenvalue weighted by atomic mass is 9.76. The summed E-state index contributed by atoms with van der Waals surface area (Å²) in [6, 6.07) is 0.506. The number of hydrogen-bond donors (Lipinski definition) is 1. The Balaban J connectivity index is 2.14. The molecule has 4 atom stereocenters. The van der Waals surface area contributed by atoms with Crippen molar-refractivity contribution in [3.8, 4) is 0 Å². The van der Waals surface area contributed by atoms with Crippen molar-refractivity contribution in [3.05, 3.63) is 0 Å². The van der Waals surface area contributed by atoms with E-state index in [1.54, 1.807) is 0 Å². The van der Waals surface area contributed by atoms with E-state index in [-0.39, 0.29) is 11.2 Å². The predicted molar refractivity (Wildman–Crippen MR) is 78.3 cm³/mol. The third kappa shape index (κ3) is 3.32. The quantitative estimate of drug-likeness (QED) is 0.851. The van der Waals surface area contributed by atoms with E-state index in [4.69, 9.17) is 9.47 Å². The van der Waals surface area contributed by atoms with Crippen molar-refractivity contribution in [2.45, 2.75) is 77.7 Å². The van der Waals surface area contributed by atoms with E-state index >= 15 is 0 Å². The van der Waals surface area contributed by atoms with Crippen LogP contribution >= 0.6 is 0 Å². The van der Waals surface area contributed by atoms with Crippen LogP contribution < -0.4 is 5.32 Å². The average molecular weight is 269 g/mol. The van der Waals surface area contributed by atoms with Gasteiger partial charge in [0.25, 0.3) is 0 Å². The molecule has 0 aromatic heterocycles. The molecule has 0 spiro atoms. The van der Waals surface area contributed by atoms with Gasteiger partial charge in [-0.1, -0.05) is 6.92 Å². The van der Waals surface area contributed by atoms with Crippen LogP contribution in [0.3, 0.4) is 0 Å². The van der Waals surface area contributed by atoms with Gasteiger partial charge in [-0.2, -0.15) is 0 Å². The first-order valence-electron chi connectivity index (χ1n) is 7.80. The highest BCUT2D eigenvalue weighted by Crippen LogP contribution is 2.46. The Kier molecular flexibility index (Phi) is 4.29. The Bertz CT molecular complexity index is 314. The van der Waals surface area contributed by atoms with Gasteiger partial charge in [-0.3, -0.25) is 0 Å². The molecule has 1 N–H and O–H groups in total. The van der Waals surface area contributed by atoms with Crippen molar-refractivity contribution in [2.75, 3.05) is 13.2 Å². The Morgan fingerprint density at radius 2 is 1.95 bits per heavy atom. The standard InChI is InChI=1S/C16H31NO2/c1-7-17-14(12-8-11(2)18-10-12)13-9-15(3,4)19-16(13,5)6/h11-14,17H,7-10H2,1-6H3. The summed E-state index contributed by atoms with van der Waals surface area (Å²) in [5, 5.41) is 3.72. The molecule has 2 aliphatic rings. The molecule has 0 saturated carbocycles. The van der Waals surface area contributed by atoms with Crippen LogP contribution in [-0.4, -0.2) is 36.5 Å². The zero-order chi connectivity index (χ0) is 14.3. The highest BCUT2D eigenvalue weighted by molar-refractivity contribution is 5.02. The highest BCUT2D eigenvalue weighted by Gasteiger charge is 2.51. The largest absolute Gasteiger partial charge is 0.378 e. The van der Waals surface area contributed by atoms with Crippen molar-refractivity contribution < 1.29 is 9.47 Å². The number of ether oxygens (including phenoxy) is 2. The lowest BCUT2D eigenvalue weighted by Gasteiger charge is -2.36. The first-order valence-corrected chi connectivity index (χ1v) is 7.80. The van der Waals surface area contributed by atoms with E-state index in [9.17, 15) is 0 Å². The number of hydrogen-bond acceptors (Lipinski definition) is 3. The maximum Gasteiger partial charge on any atom is 0.0677 e. The number of rotatable bonds is 4. The van der Waals surface area contributed by atoms with Gasteiger partial charge >= 0.3 is 0 Å². The first-order chi connectivity index (χ1) is 8.75. The zero-order valence-electron chi connectivity index (χ0n) is 13.5. The summed E-state index contributed by atoms with van der Waals surface area (Å²) in [5.41, 5.74) is -0.0604. The molecule has 2 saturated heterocycles. The van der Waals surface area contributed by atoms with Gasteiger partial charge < -0.3 is 14.8 Å². The minimum absolute atomic E-state index is 0.00703. The molecule has 112 valence electrons. The molecule has 2 aliphatic heterocycles. The van der Waals surface area contributed by atoms with Crippen molar-refractivity contribution in [2.24, 2.45) is 11.8 Å². The van der Waals surface area contributed by atoms with Crippen molar-refractivity contribution in [1.82, 2.24) is 5.32 Å². The van der Waals surface area contributed by atoms with Crippen LogP contribution in [0.4, 0.5) is 0 Å². The minimum atomic E-state index is -0.0534. The van der Waals surface area contributed by atoms with Gasteiger partial charge in [0.2, 0.25) is 0 Å². The SMILES string of the molecule is CCNC(C1COC(C)C1)C1CC(C)(C)OC1(C)C. The molecule has 0 aliphatic carbocycles. The molecule has 2 heterocycles. The molecule has 0 bridgehead atoms. The third-order valence-corrected chi connectivity index (χ3v) is 4.75. The van der Waals surface area contributed by atoms with E-state index in [0.29, 0.717) is 24.0 Å². The topological polar surface area (TPSA) is 30.5 Å². The molecular weight excluding hydrogens is 238 g/mol. The van der Waals surface area contributed by atoms with Gasteiger partial charge in [0.1, 0.15) is 0 Å². The van der Waals surface area contributed by atoms with E-state index in [1.165, 1.54) is 6.42 Å². The van der Waals surface area contributed by atoms with Crippen LogP contribution in [0, 0.1) is 11.8 Å². The summed E-state index contributed by atoms with van der Waals surface area (Å²) in [5.74, 6) is 1.18. The molecule has 3 nitrogen and oxygen atoms in total. The summed E-state index contributed by atoms with van der Waals surface area (Å²) in [4.78, 5) is 0. The predicted octanol–water partition coefficient (Wildman–Crippen LogP) is 2.98. The van der Waals surface area contributed by atoms with Gasteiger partial charge in [0.15, 0.2) is 0 Å². The summed E-state index contributed by atoms with van der Waals surface area (Å²) in [6.07, 6.45) is 2.71. The Hall–Kier alpha value is -0.120. The van der Waals surface area contributed by atoms with Crippen molar-refractivity contribution in [3.63, 3.8) is 0 Å². The normalized spacial score (nSPS) is 38.5. The zero-order valence-corrected chi connectivity index (χ0v) is 13.5. The monoisotopic (exact) mass is 269 g/mol. The van der Waals surface area contributed by atoms with E-state index < -0.39 is 0 Å². The summed E-state index contributed by atoms with van der Waals surface area (Å²) in [7, 11) is 0. The summed E-state index contributed by atoms with van der Waals surface area (Å²) in [6.45, 7) is 15.2. The van der Waals surface area contributed by atoms with Gasteiger partial charge in [-0.25, -0.2) is 0 Å². The fraction of sp³-hybridized carbons (Fsp3) is 1.00. The van der Waals surface area contributed by atoms with E-state index in [1.807, 2.05) is 0 Å². The maximum absolute atomic E-state index is 6.28. The molecule has 19 heavy (non-hydrogen) atoms. The van der Waals surface area contributed by atoms with Crippen molar-refractivity contribution in [1.29, 1.82) is 0 Å². The van der Waals surface area contributed by atoms with Crippen LogP contribution in [-0.2, 0) is 9.47 Å². The first kappa shape index (κ1) is 15.3. The van der Waals surface area contributed by atoms with Gasteiger partial charge in [0.05, 0.1) is 23.9 Å². The molecular formula is C16H31NO2. The minimum Gasteiger partial charge on any atom is -0.378 e. The lowest BCUT2D eigenvalue weighted by Crippen LogP contribution is -2.48. The summed E-state index contributed by atoms with van der Waals surface area (Å²) < 4.78 is 12.1. The lowest BCUT2D eigenvalue weighted by molar-refractivity contribution is -0.0796. The fourth-order valence-corrected chi connectivity index (χ4v) is 4.14. The second-order valence-electron chi connectivity index (χ2n) is 7.50. The van der Waals surface area contributed by atoms with Gasteiger partial charge in [-0.05, 0) is 54.0 Å². The van der Waals surface area contributed by atoms with Crippen LogP contribution in [0.1, 0.15) is 54.4 Å². The molecule has 2 fully saturated rings. The van der Waals surface area contributed by atoms with Crippen LogP contribution in [0.2, 0.25) is 0 Å². The Labute approximate surface area is 118 Å². The average Bonchev–Trinajstić information content (AvgIpc) is 2.76. The van der Waals surface area contributed by atoms with Gasteiger partial charge in [0, 0.05) is 17.9 Å².